The van der Waals surface area contributed by atoms with Crippen LogP contribution in [-0.4, -0.2) is 45.9 Å². The number of fused-ring (bicyclic) bond motifs is 1. The van der Waals surface area contributed by atoms with Crippen molar-refractivity contribution >= 4 is 28.2 Å². The predicted octanol–water partition coefficient (Wildman–Crippen LogP) is 2.84. The molecule has 29 heavy (non-hydrogen) atoms. The molecule has 8 heteroatoms. The second kappa shape index (κ2) is 8.16. The lowest BCUT2D eigenvalue weighted by Crippen LogP contribution is -2.44. The van der Waals surface area contributed by atoms with Crippen LogP contribution in [-0.2, 0) is 9.53 Å². The van der Waals surface area contributed by atoms with Crippen molar-refractivity contribution in [2.24, 2.45) is 5.92 Å². The molecule has 1 unspecified atom stereocenters. The van der Waals surface area contributed by atoms with Gasteiger partial charge in [0.15, 0.2) is 4.96 Å². The first-order valence-electron chi connectivity index (χ1n) is 9.60. The van der Waals surface area contributed by atoms with E-state index in [1.165, 1.54) is 21.9 Å². The first-order valence-corrected chi connectivity index (χ1v) is 10.5. The van der Waals surface area contributed by atoms with E-state index in [2.05, 4.69) is 4.98 Å². The second-order valence-corrected chi connectivity index (χ2v) is 7.76. The summed E-state index contributed by atoms with van der Waals surface area (Å²) < 4.78 is 6.58. The lowest BCUT2D eigenvalue weighted by Gasteiger charge is -2.31. The highest BCUT2D eigenvalue weighted by Gasteiger charge is 2.31. The molecule has 1 fully saturated rings. The van der Waals surface area contributed by atoms with Crippen molar-refractivity contribution in [3.8, 4) is 11.3 Å². The van der Waals surface area contributed by atoms with E-state index in [9.17, 15) is 14.4 Å². The Morgan fingerprint density at radius 1 is 1.28 bits per heavy atom. The molecule has 7 nitrogen and oxygen atoms in total. The molecule has 1 aliphatic heterocycles. The summed E-state index contributed by atoms with van der Waals surface area (Å²) in [6.45, 7) is 2.84. The van der Waals surface area contributed by atoms with Crippen LogP contribution in [0, 0.1) is 5.92 Å². The van der Waals surface area contributed by atoms with Gasteiger partial charge in [0.1, 0.15) is 5.56 Å². The second-order valence-electron chi connectivity index (χ2n) is 6.92. The first-order chi connectivity index (χ1) is 14.1. The van der Waals surface area contributed by atoms with Crippen LogP contribution in [0.2, 0.25) is 0 Å². The van der Waals surface area contributed by atoms with Gasteiger partial charge in [0, 0.05) is 24.7 Å². The van der Waals surface area contributed by atoms with Gasteiger partial charge in [0.05, 0.1) is 18.2 Å². The number of piperidine rings is 1. The maximum Gasteiger partial charge on any atom is 0.310 e. The van der Waals surface area contributed by atoms with Crippen molar-refractivity contribution < 1.29 is 14.3 Å². The zero-order chi connectivity index (χ0) is 20.4. The van der Waals surface area contributed by atoms with E-state index in [0.717, 1.165) is 5.56 Å². The van der Waals surface area contributed by atoms with Crippen molar-refractivity contribution in [2.75, 3.05) is 19.7 Å². The van der Waals surface area contributed by atoms with Crippen molar-refractivity contribution in [2.45, 2.75) is 19.8 Å². The van der Waals surface area contributed by atoms with E-state index in [1.807, 2.05) is 35.7 Å². The van der Waals surface area contributed by atoms with Crippen molar-refractivity contribution in [3.63, 3.8) is 0 Å². The number of thiazole rings is 1. The molecule has 3 aromatic rings. The number of likely N-dealkylation sites (tertiary alicyclic amines) is 1. The van der Waals surface area contributed by atoms with Crippen LogP contribution >= 0.6 is 11.3 Å². The molecule has 0 N–H and O–H groups in total. The fraction of sp³-hybridized carbons (Fsp3) is 0.333. The van der Waals surface area contributed by atoms with E-state index in [0.29, 0.717) is 36.6 Å². The number of carbonyl (C=O) groups is 2. The largest absolute Gasteiger partial charge is 0.466 e. The van der Waals surface area contributed by atoms with E-state index >= 15 is 0 Å². The Kier molecular flexibility index (Phi) is 5.44. The minimum atomic E-state index is -0.392. The zero-order valence-electron chi connectivity index (χ0n) is 16.0. The third-order valence-electron chi connectivity index (χ3n) is 5.07. The lowest BCUT2D eigenvalue weighted by molar-refractivity contribution is -0.149. The zero-order valence-corrected chi connectivity index (χ0v) is 16.9. The summed E-state index contributed by atoms with van der Waals surface area (Å²) in [6, 6.07) is 9.53. The number of benzene rings is 1. The van der Waals surface area contributed by atoms with Gasteiger partial charge in [-0.1, -0.05) is 30.3 Å². The number of hydrogen-bond donors (Lipinski definition) is 0. The topological polar surface area (TPSA) is 81.0 Å². The normalized spacial score (nSPS) is 16.7. The number of aromatic nitrogens is 2. The third-order valence-corrected chi connectivity index (χ3v) is 5.91. The van der Waals surface area contributed by atoms with Gasteiger partial charge in [-0.15, -0.1) is 11.3 Å². The Bertz CT molecular complexity index is 1110. The SMILES string of the molecule is CCOC(=O)C1CCCN(C(=O)c2cnc3scc(-c4ccccc4)n3c2=O)C1. The molecule has 1 aromatic carbocycles. The molecule has 0 aliphatic carbocycles. The van der Waals surface area contributed by atoms with E-state index in [4.69, 9.17) is 4.74 Å². The van der Waals surface area contributed by atoms with Crippen LogP contribution < -0.4 is 5.56 Å². The summed E-state index contributed by atoms with van der Waals surface area (Å²) in [5.41, 5.74) is 1.22. The van der Waals surface area contributed by atoms with Gasteiger partial charge >= 0.3 is 5.97 Å². The number of ether oxygens (including phenoxy) is 1. The molecule has 1 amide bonds. The molecular formula is C21H21N3O4S. The van der Waals surface area contributed by atoms with Crippen LogP contribution in [0.1, 0.15) is 30.1 Å². The number of nitrogens with zero attached hydrogens (tertiary/aromatic N) is 3. The van der Waals surface area contributed by atoms with Gasteiger partial charge < -0.3 is 9.64 Å². The molecule has 0 radical (unpaired) electrons. The Morgan fingerprint density at radius 2 is 2.07 bits per heavy atom. The quantitative estimate of drug-likeness (QED) is 0.617. The summed E-state index contributed by atoms with van der Waals surface area (Å²) >= 11 is 1.35. The van der Waals surface area contributed by atoms with Crippen LogP contribution in [0.4, 0.5) is 0 Å². The molecule has 1 atom stereocenters. The van der Waals surface area contributed by atoms with Gasteiger partial charge in [-0.05, 0) is 25.3 Å². The molecule has 1 saturated heterocycles. The van der Waals surface area contributed by atoms with Crippen molar-refractivity contribution in [3.05, 3.63) is 57.8 Å². The van der Waals surface area contributed by atoms with Crippen LogP contribution in [0.25, 0.3) is 16.2 Å². The standard InChI is InChI=1S/C21H21N3O4S/c1-2-28-20(27)15-9-6-10-23(12-15)18(25)16-11-22-21-24(19(16)26)17(13-29-21)14-7-4-3-5-8-14/h3-5,7-8,11,13,15H,2,6,9-10,12H2,1H3. The number of carbonyl (C=O) groups excluding carboxylic acids is 2. The Hall–Kier alpha value is -3.00. The summed E-state index contributed by atoms with van der Waals surface area (Å²) in [5.74, 6) is -1.04. The van der Waals surface area contributed by atoms with Crippen molar-refractivity contribution in [1.29, 1.82) is 0 Å². The molecule has 2 aromatic heterocycles. The van der Waals surface area contributed by atoms with E-state index in [1.54, 1.807) is 11.8 Å². The van der Waals surface area contributed by atoms with Crippen LogP contribution in [0.3, 0.4) is 0 Å². The average Bonchev–Trinajstić information content (AvgIpc) is 3.19. The van der Waals surface area contributed by atoms with E-state index < -0.39 is 11.5 Å². The van der Waals surface area contributed by atoms with Gasteiger partial charge in [-0.25, -0.2) is 4.98 Å². The monoisotopic (exact) mass is 411 g/mol. The summed E-state index contributed by atoms with van der Waals surface area (Å²) in [4.78, 5) is 44.8. The smallest absolute Gasteiger partial charge is 0.310 e. The summed E-state index contributed by atoms with van der Waals surface area (Å²) in [6.07, 6.45) is 2.72. The minimum absolute atomic E-state index is 0.0163. The number of esters is 1. The minimum Gasteiger partial charge on any atom is -0.466 e. The van der Waals surface area contributed by atoms with Crippen LogP contribution in [0.15, 0.2) is 46.7 Å². The fourth-order valence-corrected chi connectivity index (χ4v) is 4.49. The molecule has 0 bridgehead atoms. The first kappa shape index (κ1) is 19.3. The van der Waals surface area contributed by atoms with Gasteiger partial charge in [-0.2, -0.15) is 0 Å². The highest BCUT2D eigenvalue weighted by molar-refractivity contribution is 7.15. The Balaban J connectivity index is 1.67. The number of amides is 1. The van der Waals surface area contributed by atoms with Crippen molar-refractivity contribution in [1.82, 2.24) is 14.3 Å². The van der Waals surface area contributed by atoms with Gasteiger partial charge in [0.2, 0.25) is 0 Å². The fourth-order valence-electron chi connectivity index (χ4n) is 3.63. The summed E-state index contributed by atoms with van der Waals surface area (Å²) in [7, 11) is 0. The van der Waals surface area contributed by atoms with Crippen LogP contribution in [0.5, 0.6) is 0 Å². The average molecular weight is 411 g/mol. The van der Waals surface area contributed by atoms with Gasteiger partial charge in [-0.3, -0.25) is 18.8 Å². The molecule has 0 spiro atoms. The third kappa shape index (κ3) is 3.67. The molecule has 150 valence electrons. The highest BCUT2D eigenvalue weighted by Crippen LogP contribution is 2.24. The molecular weight excluding hydrogens is 390 g/mol. The molecule has 3 heterocycles. The highest BCUT2D eigenvalue weighted by atomic mass is 32.1. The molecule has 4 rings (SSSR count). The maximum atomic E-state index is 13.2. The van der Waals surface area contributed by atoms with Gasteiger partial charge in [0.25, 0.3) is 11.5 Å². The predicted molar refractivity (Wildman–Crippen MR) is 110 cm³/mol. The maximum absolute atomic E-state index is 13.2. The van der Waals surface area contributed by atoms with E-state index in [-0.39, 0.29) is 24.0 Å². The Labute approximate surface area is 171 Å². The number of hydrogen-bond acceptors (Lipinski definition) is 6. The Morgan fingerprint density at radius 3 is 2.83 bits per heavy atom. The molecule has 1 aliphatic rings. The summed E-state index contributed by atoms with van der Waals surface area (Å²) in [5, 5.41) is 1.87. The molecule has 0 saturated carbocycles. The lowest BCUT2D eigenvalue weighted by atomic mass is 9.97. The number of rotatable bonds is 4.